The number of hydrogen-bond acceptors (Lipinski definition) is 3. The van der Waals surface area contributed by atoms with E-state index in [1.54, 1.807) is 24.5 Å². The minimum absolute atomic E-state index is 0.310. The number of nitrogens with zero attached hydrogens (tertiary/aromatic N) is 4. The molecule has 4 aromatic rings. The highest BCUT2D eigenvalue weighted by atomic mass is 16.4. The standard InChI is InChI=1S/C15H11N4O/c1-18-10-5-3-7-17-12(10)13-15(18)20-14-11-9(8-19(13)14)4-2-6-16-11/h2-7H,8H2,1H3/q+1/i1D3. The summed E-state index contributed by atoms with van der Waals surface area (Å²) in [6.07, 6.45) is 3.36. The van der Waals surface area contributed by atoms with Crippen LogP contribution in [0.2, 0.25) is 0 Å². The molecule has 5 heteroatoms. The van der Waals surface area contributed by atoms with Crippen molar-refractivity contribution < 1.29 is 13.1 Å². The molecule has 0 radical (unpaired) electrons. The van der Waals surface area contributed by atoms with Crippen LogP contribution in [-0.2, 0) is 13.5 Å². The van der Waals surface area contributed by atoms with Crippen LogP contribution in [0.1, 0.15) is 9.68 Å². The van der Waals surface area contributed by atoms with Crippen molar-refractivity contribution in [2.24, 2.45) is 6.98 Å². The Morgan fingerprint density at radius 3 is 3.15 bits per heavy atom. The fourth-order valence-corrected chi connectivity index (χ4v) is 2.92. The number of aromatic nitrogens is 4. The Kier molecular flexibility index (Phi) is 1.27. The Morgan fingerprint density at radius 2 is 2.20 bits per heavy atom. The largest absolute Gasteiger partial charge is 0.402 e. The third-order valence-corrected chi connectivity index (χ3v) is 3.79. The normalized spacial score (nSPS) is 15.9. The van der Waals surface area contributed by atoms with Crippen LogP contribution < -0.4 is 4.57 Å². The van der Waals surface area contributed by atoms with Crippen LogP contribution in [0.5, 0.6) is 0 Å². The van der Waals surface area contributed by atoms with Gasteiger partial charge in [-0.1, -0.05) is 0 Å². The number of pyridine rings is 2. The summed E-state index contributed by atoms with van der Waals surface area (Å²) >= 11 is 0. The van der Waals surface area contributed by atoms with E-state index in [4.69, 9.17) is 8.53 Å². The topological polar surface area (TPSA) is 47.7 Å². The predicted molar refractivity (Wildman–Crippen MR) is 73.0 cm³/mol. The lowest BCUT2D eigenvalue weighted by molar-refractivity contribution is -0.648. The summed E-state index contributed by atoms with van der Waals surface area (Å²) in [5.41, 5.74) is 3.99. The first-order valence-electron chi connectivity index (χ1n) is 7.82. The maximum Gasteiger partial charge on any atom is 0.402 e. The molecule has 96 valence electrons. The van der Waals surface area contributed by atoms with Gasteiger partial charge in [0.25, 0.3) is 11.2 Å². The van der Waals surface area contributed by atoms with Crippen molar-refractivity contribution in [3.05, 3.63) is 42.2 Å². The molecule has 20 heavy (non-hydrogen) atoms. The summed E-state index contributed by atoms with van der Waals surface area (Å²) in [4.78, 5) is 8.75. The van der Waals surface area contributed by atoms with E-state index in [2.05, 4.69) is 9.97 Å². The highest BCUT2D eigenvalue weighted by molar-refractivity contribution is 5.99. The molecule has 0 aliphatic carbocycles. The second-order valence-electron chi connectivity index (χ2n) is 4.86. The van der Waals surface area contributed by atoms with Gasteiger partial charge in [-0.25, -0.2) is 9.97 Å². The zero-order chi connectivity index (χ0) is 15.8. The molecule has 0 spiro atoms. The average molecular weight is 266 g/mol. The van der Waals surface area contributed by atoms with Gasteiger partial charge in [-0.3, -0.25) is 0 Å². The van der Waals surface area contributed by atoms with E-state index in [0.29, 0.717) is 34.7 Å². The molecular formula is C15H11N4O+. The maximum atomic E-state index is 7.84. The monoisotopic (exact) mass is 266 g/mol. The third-order valence-electron chi connectivity index (χ3n) is 3.79. The van der Waals surface area contributed by atoms with Crippen LogP contribution in [0.4, 0.5) is 0 Å². The Balaban J connectivity index is 1.96. The molecule has 5 nitrogen and oxygen atoms in total. The lowest BCUT2D eigenvalue weighted by Gasteiger charge is -1.93. The molecule has 1 aliphatic heterocycles. The summed E-state index contributed by atoms with van der Waals surface area (Å²) in [6, 6.07) is 7.35. The van der Waals surface area contributed by atoms with Crippen LogP contribution in [0.15, 0.2) is 41.1 Å². The second kappa shape index (κ2) is 3.25. The smallest absolute Gasteiger partial charge is 0.379 e. The van der Waals surface area contributed by atoms with Crippen molar-refractivity contribution in [3.63, 3.8) is 0 Å². The summed E-state index contributed by atoms with van der Waals surface area (Å²) in [6.45, 7) is -1.75. The van der Waals surface area contributed by atoms with Crippen molar-refractivity contribution in [2.75, 3.05) is 0 Å². The van der Waals surface area contributed by atoms with Crippen molar-refractivity contribution in [1.82, 2.24) is 14.5 Å². The molecule has 4 aromatic heterocycles. The minimum Gasteiger partial charge on any atom is -0.379 e. The van der Waals surface area contributed by atoms with Gasteiger partial charge in [-0.05, 0) is 24.3 Å². The van der Waals surface area contributed by atoms with Crippen LogP contribution in [0.25, 0.3) is 33.8 Å². The molecule has 1 aliphatic rings. The maximum absolute atomic E-state index is 7.84. The van der Waals surface area contributed by atoms with Crippen molar-refractivity contribution in [1.29, 1.82) is 0 Å². The van der Waals surface area contributed by atoms with Gasteiger partial charge in [-0.2, -0.15) is 0 Å². The van der Waals surface area contributed by atoms with Gasteiger partial charge in [0.1, 0.15) is 0 Å². The molecule has 0 saturated carbocycles. The first kappa shape index (κ1) is 7.79. The van der Waals surface area contributed by atoms with E-state index in [0.717, 1.165) is 11.3 Å². The zero-order valence-corrected chi connectivity index (χ0v) is 10.4. The molecule has 0 unspecified atom stereocenters. The van der Waals surface area contributed by atoms with E-state index in [1.165, 1.54) is 4.57 Å². The van der Waals surface area contributed by atoms with E-state index in [-0.39, 0.29) is 0 Å². The zero-order valence-electron chi connectivity index (χ0n) is 13.4. The van der Waals surface area contributed by atoms with Crippen LogP contribution in [-0.4, -0.2) is 14.5 Å². The SMILES string of the molecule is [2H]C([2H])([2H])n1c2cccnc2c2c1oc1[n+]2Cc2cccnc2-1. The molecule has 5 heterocycles. The molecule has 0 atom stereocenters. The van der Waals surface area contributed by atoms with Gasteiger partial charge < -0.3 is 8.98 Å². The van der Waals surface area contributed by atoms with Crippen molar-refractivity contribution in [2.45, 2.75) is 6.54 Å². The molecule has 0 aromatic carbocycles. The van der Waals surface area contributed by atoms with Crippen LogP contribution >= 0.6 is 0 Å². The van der Waals surface area contributed by atoms with Gasteiger partial charge in [0.2, 0.25) is 0 Å². The molecule has 0 amide bonds. The van der Waals surface area contributed by atoms with Crippen molar-refractivity contribution in [3.8, 4) is 11.6 Å². The highest BCUT2D eigenvalue weighted by Crippen LogP contribution is 2.33. The summed E-state index contributed by atoms with van der Waals surface area (Å²) in [7, 11) is 0. The number of fused-ring (bicyclic) bond motifs is 7. The Hall–Kier alpha value is -2.69. The van der Waals surface area contributed by atoms with Crippen molar-refractivity contribution >= 4 is 22.3 Å². The van der Waals surface area contributed by atoms with Gasteiger partial charge in [0.05, 0.1) is 11.1 Å². The fraction of sp³-hybridized carbons (Fsp3) is 0.133. The number of aryl methyl sites for hydroxylation is 1. The minimum atomic E-state index is -2.35. The summed E-state index contributed by atoms with van der Waals surface area (Å²) in [5.74, 6) is 0.580. The molecule has 5 rings (SSSR count). The van der Waals surface area contributed by atoms with E-state index < -0.39 is 6.98 Å². The number of rotatable bonds is 0. The fourth-order valence-electron chi connectivity index (χ4n) is 2.92. The Bertz CT molecular complexity index is 1090. The van der Waals surface area contributed by atoms with Crippen LogP contribution in [0.3, 0.4) is 0 Å². The lowest BCUT2D eigenvalue weighted by Crippen LogP contribution is -2.30. The second-order valence-corrected chi connectivity index (χ2v) is 4.86. The Labute approximate surface area is 118 Å². The number of hydrogen-bond donors (Lipinski definition) is 0. The number of oxazole rings is 1. The van der Waals surface area contributed by atoms with Crippen LogP contribution in [0, 0.1) is 0 Å². The molecule has 0 fully saturated rings. The molecule has 0 saturated heterocycles. The van der Waals surface area contributed by atoms with E-state index in [1.807, 2.05) is 16.7 Å². The summed E-state index contributed by atoms with van der Waals surface area (Å²) < 4.78 is 32.6. The molecular weight excluding hydrogens is 252 g/mol. The van der Waals surface area contributed by atoms with Gasteiger partial charge >= 0.3 is 5.89 Å². The quantitative estimate of drug-likeness (QED) is 0.403. The first-order valence-corrected chi connectivity index (χ1v) is 6.32. The lowest BCUT2D eigenvalue weighted by atomic mass is 10.2. The molecule has 0 N–H and O–H groups in total. The summed E-state index contributed by atoms with van der Waals surface area (Å²) in [5, 5.41) is 0. The Morgan fingerprint density at radius 1 is 1.30 bits per heavy atom. The average Bonchev–Trinajstić information content (AvgIpc) is 3.12. The predicted octanol–water partition coefficient (Wildman–Crippen LogP) is 2.03. The van der Waals surface area contributed by atoms with E-state index in [9.17, 15) is 0 Å². The van der Waals surface area contributed by atoms with Gasteiger partial charge in [-0.15, -0.1) is 4.57 Å². The van der Waals surface area contributed by atoms with Gasteiger partial charge in [0, 0.05) is 23.5 Å². The molecule has 0 bridgehead atoms. The third kappa shape index (κ3) is 1.02. The highest BCUT2D eigenvalue weighted by Gasteiger charge is 2.38. The first-order chi connectivity index (χ1) is 11.1. The van der Waals surface area contributed by atoms with Gasteiger partial charge in [0.15, 0.2) is 17.8 Å². The van der Waals surface area contributed by atoms with E-state index >= 15 is 0 Å².